The highest BCUT2D eigenvalue weighted by Gasteiger charge is 2.11. The Balaban J connectivity index is 2.27. The monoisotopic (exact) mass is 289 g/mol. The van der Waals surface area contributed by atoms with Crippen LogP contribution in [0, 0.1) is 13.8 Å². The van der Waals surface area contributed by atoms with E-state index < -0.39 is 5.97 Å². The summed E-state index contributed by atoms with van der Waals surface area (Å²) in [6.07, 6.45) is 2.36. The van der Waals surface area contributed by atoms with E-state index in [9.17, 15) is 9.90 Å². The van der Waals surface area contributed by atoms with E-state index in [2.05, 4.69) is 5.10 Å². The van der Waals surface area contributed by atoms with Crippen molar-refractivity contribution in [3.05, 3.63) is 57.9 Å². The van der Waals surface area contributed by atoms with E-state index in [0.29, 0.717) is 23.0 Å². The first-order chi connectivity index (χ1) is 9.47. The minimum Gasteiger partial charge on any atom is -0.545 e. The number of hydrogen-bond donors (Lipinski definition) is 0. The smallest absolute Gasteiger partial charge is 0.134 e. The fraction of sp³-hybridized carbons (Fsp3) is 0.200. The van der Waals surface area contributed by atoms with Crippen LogP contribution in [0.25, 0.3) is 6.08 Å². The van der Waals surface area contributed by atoms with Crippen molar-refractivity contribution in [3.8, 4) is 0 Å². The Hall–Kier alpha value is -2.07. The van der Waals surface area contributed by atoms with Crippen molar-refractivity contribution in [1.82, 2.24) is 9.78 Å². The van der Waals surface area contributed by atoms with Gasteiger partial charge >= 0.3 is 0 Å². The molecule has 0 N–H and O–H groups in total. The van der Waals surface area contributed by atoms with E-state index >= 15 is 0 Å². The molecule has 0 aliphatic heterocycles. The number of aryl methyl sites for hydroxylation is 2. The summed E-state index contributed by atoms with van der Waals surface area (Å²) in [4.78, 5) is 10.5. The number of halogens is 1. The molecule has 0 unspecified atom stereocenters. The largest absolute Gasteiger partial charge is 0.545 e. The number of carbonyl (C=O) groups excluding carboxylic acids is 1. The maximum Gasteiger partial charge on any atom is 0.134 e. The second-order valence-electron chi connectivity index (χ2n) is 4.59. The Labute approximate surface area is 122 Å². The van der Waals surface area contributed by atoms with Crippen molar-refractivity contribution in [2.75, 3.05) is 0 Å². The minimum atomic E-state index is -1.26. The van der Waals surface area contributed by atoms with Gasteiger partial charge in [0, 0.05) is 5.56 Å². The molecule has 0 spiro atoms. The Bertz CT molecular complexity index is 657. The lowest BCUT2D eigenvalue weighted by Crippen LogP contribution is -2.18. The average Bonchev–Trinajstić information content (AvgIpc) is 2.65. The number of aromatic nitrogens is 2. The number of carbonyl (C=O) groups is 1. The third-order valence-corrected chi connectivity index (χ3v) is 3.35. The first-order valence-electron chi connectivity index (χ1n) is 6.15. The van der Waals surface area contributed by atoms with Crippen LogP contribution in [-0.4, -0.2) is 15.7 Å². The van der Waals surface area contributed by atoms with Crippen LogP contribution in [-0.2, 0) is 11.3 Å². The fourth-order valence-electron chi connectivity index (χ4n) is 1.88. The molecule has 2 aromatic rings. The van der Waals surface area contributed by atoms with E-state index in [4.69, 9.17) is 11.6 Å². The van der Waals surface area contributed by atoms with E-state index in [1.54, 1.807) is 11.6 Å². The summed E-state index contributed by atoms with van der Waals surface area (Å²) < 4.78 is 1.65. The number of nitrogens with zero attached hydrogens (tertiary/aromatic N) is 2. The van der Waals surface area contributed by atoms with Crippen LogP contribution in [0.4, 0.5) is 0 Å². The van der Waals surface area contributed by atoms with Crippen LogP contribution in [0.15, 0.2) is 30.3 Å². The van der Waals surface area contributed by atoms with Crippen LogP contribution in [0.3, 0.4) is 0 Å². The second kappa shape index (κ2) is 5.92. The van der Waals surface area contributed by atoms with Crippen molar-refractivity contribution in [2.45, 2.75) is 20.4 Å². The summed E-state index contributed by atoms with van der Waals surface area (Å²) in [5.41, 5.74) is 3.55. The van der Waals surface area contributed by atoms with Crippen molar-refractivity contribution >= 4 is 23.6 Å². The zero-order chi connectivity index (χ0) is 14.7. The van der Waals surface area contributed by atoms with Gasteiger partial charge in [0.15, 0.2) is 0 Å². The topological polar surface area (TPSA) is 58.0 Å². The Morgan fingerprint density at radius 1 is 1.35 bits per heavy atom. The SMILES string of the molecule is Cc1ccc(Cn2nc(C)c(/C=C/C(=O)[O-])c2Cl)cc1. The highest BCUT2D eigenvalue weighted by Crippen LogP contribution is 2.22. The Morgan fingerprint density at radius 2 is 2.00 bits per heavy atom. The highest BCUT2D eigenvalue weighted by molar-refractivity contribution is 6.31. The van der Waals surface area contributed by atoms with Crippen LogP contribution >= 0.6 is 11.6 Å². The van der Waals surface area contributed by atoms with Crippen molar-refractivity contribution in [2.24, 2.45) is 0 Å². The summed E-state index contributed by atoms with van der Waals surface area (Å²) in [6, 6.07) is 8.08. The normalized spacial score (nSPS) is 11.2. The maximum atomic E-state index is 10.5. The lowest BCUT2D eigenvalue weighted by molar-refractivity contribution is -0.297. The Morgan fingerprint density at radius 3 is 2.60 bits per heavy atom. The minimum absolute atomic E-state index is 0.417. The van der Waals surface area contributed by atoms with Crippen LogP contribution in [0.2, 0.25) is 5.15 Å². The number of rotatable bonds is 4. The summed E-state index contributed by atoms with van der Waals surface area (Å²) >= 11 is 6.23. The quantitative estimate of drug-likeness (QED) is 0.809. The zero-order valence-electron chi connectivity index (χ0n) is 11.3. The van der Waals surface area contributed by atoms with Crippen molar-refractivity contribution in [3.63, 3.8) is 0 Å². The summed E-state index contributed by atoms with van der Waals surface area (Å²) in [5.74, 6) is -1.26. The van der Waals surface area contributed by atoms with Gasteiger partial charge in [0.25, 0.3) is 0 Å². The fourth-order valence-corrected chi connectivity index (χ4v) is 2.18. The zero-order valence-corrected chi connectivity index (χ0v) is 12.0. The van der Waals surface area contributed by atoms with Gasteiger partial charge in [0.2, 0.25) is 0 Å². The summed E-state index contributed by atoms with van der Waals surface area (Å²) in [5, 5.41) is 15.2. The van der Waals surface area contributed by atoms with Crippen LogP contribution in [0.1, 0.15) is 22.4 Å². The Kier molecular flexibility index (Phi) is 4.25. The second-order valence-corrected chi connectivity index (χ2v) is 4.94. The van der Waals surface area contributed by atoms with Gasteiger partial charge in [0.05, 0.1) is 18.2 Å². The molecular weight excluding hydrogens is 276 g/mol. The lowest BCUT2D eigenvalue weighted by Gasteiger charge is -2.04. The first kappa shape index (κ1) is 14.3. The molecule has 5 heteroatoms. The van der Waals surface area contributed by atoms with Gasteiger partial charge in [-0.05, 0) is 31.6 Å². The third kappa shape index (κ3) is 3.27. The first-order valence-corrected chi connectivity index (χ1v) is 6.52. The standard InChI is InChI=1S/C15H15ClN2O2/c1-10-3-5-12(6-4-10)9-18-15(16)13(11(2)17-18)7-8-14(19)20/h3-8H,9H2,1-2H3,(H,19,20)/p-1/b8-7+. The lowest BCUT2D eigenvalue weighted by atomic mass is 10.1. The van der Waals surface area contributed by atoms with E-state index in [1.165, 1.54) is 11.6 Å². The molecule has 1 aromatic carbocycles. The molecule has 0 aliphatic carbocycles. The molecule has 2 rings (SSSR count). The molecule has 104 valence electrons. The van der Waals surface area contributed by atoms with Crippen molar-refractivity contribution in [1.29, 1.82) is 0 Å². The summed E-state index contributed by atoms with van der Waals surface area (Å²) in [6.45, 7) is 4.35. The van der Waals surface area contributed by atoms with Gasteiger partial charge in [-0.1, -0.05) is 41.4 Å². The molecule has 0 saturated heterocycles. The number of benzene rings is 1. The van der Waals surface area contributed by atoms with Crippen molar-refractivity contribution < 1.29 is 9.90 Å². The average molecular weight is 290 g/mol. The summed E-state index contributed by atoms with van der Waals surface area (Å²) in [7, 11) is 0. The molecule has 1 aromatic heterocycles. The molecule has 20 heavy (non-hydrogen) atoms. The number of hydrogen-bond acceptors (Lipinski definition) is 3. The van der Waals surface area contributed by atoms with Crippen LogP contribution in [0.5, 0.6) is 0 Å². The molecule has 0 radical (unpaired) electrons. The highest BCUT2D eigenvalue weighted by atomic mass is 35.5. The number of aliphatic carboxylic acids is 1. The third-order valence-electron chi connectivity index (χ3n) is 2.95. The van der Waals surface area contributed by atoms with Gasteiger partial charge in [-0.2, -0.15) is 5.10 Å². The predicted molar refractivity (Wildman–Crippen MR) is 76.3 cm³/mol. The van der Waals surface area contributed by atoms with Gasteiger partial charge in [-0.15, -0.1) is 0 Å². The number of carboxylic acids is 1. The van der Waals surface area contributed by atoms with Gasteiger partial charge < -0.3 is 9.90 Å². The van der Waals surface area contributed by atoms with E-state index in [-0.39, 0.29) is 0 Å². The molecule has 0 amide bonds. The van der Waals surface area contributed by atoms with Gasteiger partial charge in [-0.3, -0.25) is 0 Å². The molecule has 4 nitrogen and oxygen atoms in total. The molecule has 1 heterocycles. The molecule has 0 atom stereocenters. The molecular formula is C15H14ClN2O2-. The van der Waals surface area contributed by atoms with Gasteiger partial charge in [-0.25, -0.2) is 4.68 Å². The molecule has 0 saturated carbocycles. The number of carboxylic acid groups (broad SMARTS) is 1. The predicted octanol–water partition coefficient (Wildman–Crippen LogP) is 1.96. The van der Waals surface area contributed by atoms with E-state index in [1.807, 2.05) is 31.2 Å². The van der Waals surface area contributed by atoms with Gasteiger partial charge in [0.1, 0.15) is 5.15 Å². The molecule has 0 fully saturated rings. The van der Waals surface area contributed by atoms with Crippen LogP contribution < -0.4 is 5.11 Å². The maximum absolute atomic E-state index is 10.5. The molecule has 0 aliphatic rings. The van der Waals surface area contributed by atoms with E-state index in [0.717, 1.165) is 11.6 Å². The molecule has 0 bridgehead atoms.